The maximum atomic E-state index is 12.8. The lowest BCUT2D eigenvalue weighted by molar-refractivity contribution is 0.0617. The highest BCUT2D eigenvalue weighted by Gasteiger charge is 2.18. The van der Waals surface area contributed by atoms with Crippen LogP contribution in [0.25, 0.3) is 0 Å². The normalized spacial score (nSPS) is 10.9. The van der Waals surface area contributed by atoms with Crippen LogP contribution in [0.1, 0.15) is 25.0 Å². The van der Waals surface area contributed by atoms with Crippen molar-refractivity contribution in [3.05, 3.63) is 63.6 Å². The molecule has 0 aliphatic carbocycles. The van der Waals surface area contributed by atoms with E-state index in [0.717, 1.165) is 16.8 Å². The zero-order valence-corrected chi connectivity index (χ0v) is 17.9. The van der Waals surface area contributed by atoms with Crippen LogP contribution in [-0.2, 0) is 22.6 Å². The number of hydrogen-bond donors (Lipinski definition) is 1. The summed E-state index contributed by atoms with van der Waals surface area (Å²) in [4.78, 5) is 14.6. The number of halogens is 2. The highest BCUT2D eigenvalue weighted by Crippen LogP contribution is 2.24. The highest BCUT2D eigenvalue weighted by atomic mass is 35.5. The SMILES string of the molecule is COCCOCc1cccc(NC(=O)N(Cc2ccc(Cl)c(Cl)c2)C(C)C)c1. The van der Waals surface area contributed by atoms with Gasteiger partial charge in [0.2, 0.25) is 0 Å². The number of anilines is 1. The van der Waals surface area contributed by atoms with Crippen molar-refractivity contribution in [3.63, 3.8) is 0 Å². The fraction of sp³-hybridized carbons (Fsp3) is 0.381. The van der Waals surface area contributed by atoms with Gasteiger partial charge >= 0.3 is 6.03 Å². The van der Waals surface area contributed by atoms with E-state index in [1.54, 1.807) is 24.1 Å². The number of hydrogen-bond acceptors (Lipinski definition) is 3. The van der Waals surface area contributed by atoms with E-state index in [0.29, 0.717) is 36.4 Å². The van der Waals surface area contributed by atoms with E-state index >= 15 is 0 Å². The van der Waals surface area contributed by atoms with Gasteiger partial charge in [0.1, 0.15) is 0 Å². The van der Waals surface area contributed by atoms with Gasteiger partial charge in [0.15, 0.2) is 0 Å². The fourth-order valence-electron chi connectivity index (χ4n) is 2.59. The quantitative estimate of drug-likeness (QED) is 0.532. The molecule has 0 spiro atoms. The summed E-state index contributed by atoms with van der Waals surface area (Å²) >= 11 is 12.1. The van der Waals surface area contributed by atoms with Crippen molar-refractivity contribution >= 4 is 34.9 Å². The van der Waals surface area contributed by atoms with E-state index in [2.05, 4.69) is 5.32 Å². The second-order valence-corrected chi connectivity index (χ2v) is 7.46. The minimum atomic E-state index is -0.182. The average Bonchev–Trinajstić information content (AvgIpc) is 2.66. The summed E-state index contributed by atoms with van der Waals surface area (Å²) < 4.78 is 10.5. The van der Waals surface area contributed by atoms with Gasteiger partial charge in [0.25, 0.3) is 0 Å². The van der Waals surface area contributed by atoms with Gasteiger partial charge < -0.3 is 19.7 Å². The van der Waals surface area contributed by atoms with E-state index in [9.17, 15) is 4.79 Å². The second-order valence-electron chi connectivity index (χ2n) is 6.65. The van der Waals surface area contributed by atoms with Crippen LogP contribution in [-0.4, -0.2) is 37.3 Å². The maximum Gasteiger partial charge on any atom is 0.322 e. The van der Waals surface area contributed by atoms with Gasteiger partial charge in [-0.2, -0.15) is 0 Å². The Kier molecular flexibility index (Phi) is 9.06. The molecule has 28 heavy (non-hydrogen) atoms. The smallest absolute Gasteiger partial charge is 0.322 e. The first-order valence-corrected chi connectivity index (χ1v) is 9.83. The summed E-state index contributed by atoms with van der Waals surface area (Å²) in [7, 11) is 1.64. The van der Waals surface area contributed by atoms with Crippen molar-refractivity contribution in [2.45, 2.75) is 33.0 Å². The third-order valence-corrected chi connectivity index (χ3v) is 4.84. The molecule has 0 aliphatic heterocycles. The Bertz CT molecular complexity index is 784. The Morgan fingerprint density at radius 3 is 2.54 bits per heavy atom. The summed E-state index contributed by atoms with van der Waals surface area (Å²) in [5, 5.41) is 3.93. The molecule has 0 atom stereocenters. The van der Waals surface area contributed by atoms with E-state index < -0.39 is 0 Å². The third-order valence-electron chi connectivity index (χ3n) is 4.10. The molecular formula is C21H26Cl2N2O3. The summed E-state index contributed by atoms with van der Waals surface area (Å²) in [6, 6.07) is 12.8. The molecule has 2 aromatic rings. The number of carbonyl (C=O) groups excluding carboxylic acids is 1. The second kappa shape index (κ2) is 11.3. The van der Waals surface area contributed by atoms with Crippen LogP contribution < -0.4 is 5.32 Å². The molecule has 0 aromatic heterocycles. The molecule has 0 radical (unpaired) electrons. The first-order valence-electron chi connectivity index (χ1n) is 9.08. The molecule has 7 heteroatoms. The highest BCUT2D eigenvalue weighted by molar-refractivity contribution is 6.42. The monoisotopic (exact) mass is 424 g/mol. The number of benzene rings is 2. The van der Waals surface area contributed by atoms with Crippen molar-refractivity contribution in [1.82, 2.24) is 4.90 Å². The van der Waals surface area contributed by atoms with Crippen molar-refractivity contribution < 1.29 is 14.3 Å². The number of carbonyl (C=O) groups is 1. The van der Waals surface area contributed by atoms with Crippen LogP contribution in [0.5, 0.6) is 0 Å². The Morgan fingerprint density at radius 2 is 1.86 bits per heavy atom. The Labute approximate surface area is 176 Å². The van der Waals surface area contributed by atoms with E-state index in [1.807, 2.05) is 44.2 Å². The van der Waals surface area contributed by atoms with Gasteiger partial charge in [-0.15, -0.1) is 0 Å². The number of urea groups is 1. The number of nitrogens with one attached hydrogen (secondary N) is 1. The minimum Gasteiger partial charge on any atom is -0.382 e. The van der Waals surface area contributed by atoms with Crippen LogP contribution >= 0.6 is 23.2 Å². The maximum absolute atomic E-state index is 12.8. The zero-order chi connectivity index (χ0) is 20.5. The Balaban J connectivity index is 2.02. The molecule has 2 rings (SSSR count). The molecule has 0 bridgehead atoms. The van der Waals surface area contributed by atoms with Crippen molar-refractivity contribution in [2.75, 3.05) is 25.6 Å². The largest absolute Gasteiger partial charge is 0.382 e. The molecule has 1 N–H and O–H groups in total. The first-order chi connectivity index (χ1) is 13.4. The summed E-state index contributed by atoms with van der Waals surface area (Å²) in [6.07, 6.45) is 0. The van der Waals surface area contributed by atoms with Crippen LogP contribution in [0.15, 0.2) is 42.5 Å². The lowest BCUT2D eigenvalue weighted by Crippen LogP contribution is -2.39. The van der Waals surface area contributed by atoms with Gasteiger partial charge in [-0.05, 0) is 49.2 Å². The molecule has 5 nitrogen and oxygen atoms in total. The molecule has 2 amide bonds. The molecule has 0 saturated carbocycles. The van der Waals surface area contributed by atoms with E-state index in [-0.39, 0.29) is 12.1 Å². The summed E-state index contributed by atoms with van der Waals surface area (Å²) in [6.45, 7) is 5.91. The fourth-order valence-corrected chi connectivity index (χ4v) is 2.91. The van der Waals surface area contributed by atoms with Crippen LogP contribution in [0.3, 0.4) is 0 Å². The molecule has 0 fully saturated rings. The molecule has 0 heterocycles. The zero-order valence-electron chi connectivity index (χ0n) is 16.4. The van der Waals surface area contributed by atoms with E-state index in [1.165, 1.54) is 0 Å². The molecule has 0 unspecified atom stereocenters. The summed E-state index contributed by atoms with van der Waals surface area (Å²) in [5.41, 5.74) is 2.62. The lowest BCUT2D eigenvalue weighted by atomic mass is 10.2. The number of nitrogens with zero attached hydrogens (tertiary/aromatic N) is 1. The average molecular weight is 425 g/mol. The predicted octanol–water partition coefficient (Wildman–Crippen LogP) is 5.60. The predicted molar refractivity (Wildman–Crippen MR) is 114 cm³/mol. The van der Waals surface area contributed by atoms with Crippen molar-refractivity contribution in [2.24, 2.45) is 0 Å². The lowest BCUT2D eigenvalue weighted by Gasteiger charge is -2.27. The Morgan fingerprint density at radius 1 is 1.07 bits per heavy atom. The third kappa shape index (κ3) is 6.99. The number of rotatable bonds is 9. The van der Waals surface area contributed by atoms with Gasteiger partial charge in [0, 0.05) is 25.4 Å². The number of methoxy groups -OCH3 is 1. The van der Waals surface area contributed by atoms with Gasteiger partial charge in [0.05, 0.1) is 29.9 Å². The molecule has 0 aliphatic rings. The molecule has 0 saturated heterocycles. The summed E-state index contributed by atoms with van der Waals surface area (Å²) in [5.74, 6) is 0. The molecular weight excluding hydrogens is 399 g/mol. The van der Waals surface area contributed by atoms with Crippen molar-refractivity contribution in [3.8, 4) is 0 Å². The van der Waals surface area contributed by atoms with Gasteiger partial charge in [-0.1, -0.05) is 41.4 Å². The number of amides is 2. The van der Waals surface area contributed by atoms with Gasteiger partial charge in [-0.3, -0.25) is 0 Å². The molecule has 152 valence electrons. The topological polar surface area (TPSA) is 50.8 Å². The molecule has 2 aromatic carbocycles. The van der Waals surface area contributed by atoms with Crippen LogP contribution in [0.2, 0.25) is 10.0 Å². The number of ether oxygens (including phenoxy) is 2. The Hall–Kier alpha value is -1.79. The van der Waals surface area contributed by atoms with Gasteiger partial charge in [-0.25, -0.2) is 4.79 Å². The minimum absolute atomic E-state index is 0.00927. The first kappa shape index (κ1) is 22.5. The standard InChI is InChI=1S/C21H26Cl2N2O3/c1-15(2)25(13-16-7-8-19(22)20(23)12-16)21(26)24-18-6-4-5-17(11-18)14-28-10-9-27-3/h4-8,11-12,15H,9-10,13-14H2,1-3H3,(H,24,26). The van der Waals surface area contributed by atoms with Crippen molar-refractivity contribution in [1.29, 1.82) is 0 Å². The van der Waals surface area contributed by atoms with E-state index in [4.69, 9.17) is 32.7 Å². The van der Waals surface area contributed by atoms with Crippen LogP contribution in [0, 0.1) is 0 Å². The van der Waals surface area contributed by atoms with Crippen LogP contribution in [0.4, 0.5) is 10.5 Å².